The second-order valence-corrected chi connectivity index (χ2v) is 10.6. The lowest BCUT2D eigenvalue weighted by atomic mass is 10.0. The molecule has 5 aromatic rings. The van der Waals surface area contributed by atoms with E-state index in [1.54, 1.807) is 0 Å². The lowest BCUT2D eigenvalue weighted by Crippen LogP contribution is -2.03. The van der Waals surface area contributed by atoms with E-state index in [4.69, 9.17) is 12.2 Å². The molecule has 0 fully saturated rings. The number of H-pyrrole nitrogens is 4. The summed E-state index contributed by atoms with van der Waals surface area (Å²) in [4.78, 5) is 33.6. The second kappa shape index (κ2) is 11.6. The third-order valence-corrected chi connectivity index (χ3v) is 6.82. The number of carbonyl (C=O) groups excluding carboxylic acids is 1. The number of hydrogen-bond donors (Lipinski definition) is 5. The van der Waals surface area contributed by atoms with Crippen LogP contribution in [0.25, 0.3) is 22.1 Å². The maximum atomic E-state index is 11.0. The van der Waals surface area contributed by atoms with Crippen molar-refractivity contribution in [3.63, 3.8) is 0 Å². The fraction of sp³-hybridized carbons (Fsp3) is 0.300. The predicted octanol–water partition coefficient (Wildman–Crippen LogP) is 8.30. The Morgan fingerprint density at radius 1 is 0.763 bits per heavy atom. The molecule has 0 radical (unpaired) electrons. The molecule has 0 unspecified atom stereocenters. The molecular weight excluding hydrogens is 494 g/mol. The molecule has 6 rings (SSSR count). The first-order chi connectivity index (χ1) is 18.1. The minimum atomic E-state index is -0.143. The SMILES string of the molecule is CC(C)c1ccc2[nH]c(=O)[nH]c2c1.CC(C)c1ccc2[nH]c(=S)[nH]c2c1.CCc1ccc2c(c1)CC(=O)N2.[HH].[HH].[HH].[HH].[HH]. The molecule has 0 saturated carbocycles. The fourth-order valence-electron chi connectivity index (χ4n) is 4.32. The van der Waals surface area contributed by atoms with Crippen LogP contribution in [0.15, 0.2) is 59.4 Å². The van der Waals surface area contributed by atoms with Gasteiger partial charge in [-0.05, 0) is 83.1 Å². The van der Waals surface area contributed by atoms with Crippen LogP contribution in [0.2, 0.25) is 0 Å². The van der Waals surface area contributed by atoms with Crippen LogP contribution in [0.5, 0.6) is 0 Å². The summed E-state index contributed by atoms with van der Waals surface area (Å²) in [6, 6.07) is 18.5. The van der Waals surface area contributed by atoms with Crippen molar-refractivity contribution in [1.29, 1.82) is 0 Å². The molecule has 2 aromatic heterocycles. The topological polar surface area (TPSA) is 109 Å². The molecule has 7 nitrogen and oxygen atoms in total. The molecule has 3 heterocycles. The number of aromatic nitrogens is 4. The first kappa shape index (κ1) is 27.1. The molecular formula is C30H45N5O2S. The summed E-state index contributed by atoms with van der Waals surface area (Å²) in [5, 5.41) is 2.81. The van der Waals surface area contributed by atoms with E-state index in [1.165, 1.54) is 16.7 Å². The number of nitrogens with one attached hydrogen (secondary N) is 5. The van der Waals surface area contributed by atoms with Crippen LogP contribution in [0.3, 0.4) is 0 Å². The highest BCUT2D eigenvalue weighted by molar-refractivity contribution is 7.71. The second-order valence-electron chi connectivity index (χ2n) is 10.1. The minimum Gasteiger partial charge on any atom is -0.331 e. The Balaban J connectivity index is 0. The van der Waals surface area contributed by atoms with Crippen molar-refractivity contribution in [3.05, 3.63) is 92.1 Å². The van der Waals surface area contributed by atoms with Gasteiger partial charge in [-0.1, -0.05) is 58.9 Å². The van der Waals surface area contributed by atoms with Crippen LogP contribution >= 0.6 is 12.2 Å². The molecule has 1 aliphatic rings. The fourth-order valence-corrected chi connectivity index (χ4v) is 4.54. The zero-order chi connectivity index (χ0) is 27.4. The number of imidazole rings is 2. The maximum absolute atomic E-state index is 11.0. The predicted molar refractivity (Wildman–Crippen MR) is 169 cm³/mol. The van der Waals surface area contributed by atoms with Gasteiger partial charge in [-0.2, -0.15) is 0 Å². The van der Waals surface area contributed by atoms with Gasteiger partial charge in [-0.15, -0.1) is 0 Å². The van der Waals surface area contributed by atoms with Crippen LogP contribution in [0, 0.1) is 4.77 Å². The van der Waals surface area contributed by atoms with Gasteiger partial charge in [-0.25, -0.2) is 4.79 Å². The highest BCUT2D eigenvalue weighted by atomic mass is 32.1. The van der Waals surface area contributed by atoms with Gasteiger partial charge >= 0.3 is 5.69 Å². The van der Waals surface area contributed by atoms with Crippen LogP contribution in [0.4, 0.5) is 5.69 Å². The van der Waals surface area contributed by atoms with Gasteiger partial charge in [0.2, 0.25) is 5.91 Å². The highest BCUT2D eigenvalue weighted by Crippen LogP contribution is 2.24. The van der Waals surface area contributed by atoms with Gasteiger partial charge < -0.3 is 25.3 Å². The molecule has 0 saturated heterocycles. The van der Waals surface area contributed by atoms with E-state index in [-0.39, 0.29) is 18.7 Å². The summed E-state index contributed by atoms with van der Waals surface area (Å²) in [7, 11) is 0. The number of fused-ring (bicyclic) bond motifs is 3. The van der Waals surface area contributed by atoms with E-state index < -0.39 is 0 Å². The van der Waals surface area contributed by atoms with E-state index in [9.17, 15) is 9.59 Å². The summed E-state index contributed by atoms with van der Waals surface area (Å²) >= 11 is 5.01. The van der Waals surface area contributed by atoms with E-state index in [0.29, 0.717) is 23.0 Å². The Kier molecular flexibility index (Phi) is 8.32. The largest absolute Gasteiger partial charge is 0.331 e. The molecule has 0 bridgehead atoms. The Morgan fingerprint density at radius 3 is 1.92 bits per heavy atom. The molecule has 0 spiro atoms. The quantitative estimate of drug-likeness (QED) is 0.149. The van der Waals surface area contributed by atoms with Crippen molar-refractivity contribution in [2.45, 2.75) is 59.3 Å². The van der Waals surface area contributed by atoms with Crippen molar-refractivity contribution in [2.24, 2.45) is 0 Å². The summed E-state index contributed by atoms with van der Waals surface area (Å²) in [5.41, 5.74) is 9.77. The Morgan fingerprint density at radius 2 is 1.32 bits per heavy atom. The number of aromatic amines is 4. The van der Waals surface area contributed by atoms with Crippen molar-refractivity contribution in [2.75, 3.05) is 5.32 Å². The molecule has 38 heavy (non-hydrogen) atoms. The number of benzene rings is 3. The molecule has 208 valence electrons. The Labute approximate surface area is 234 Å². The third-order valence-electron chi connectivity index (χ3n) is 6.62. The van der Waals surface area contributed by atoms with Crippen molar-refractivity contribution in [3.8, 4) is 0 Å². The number of rotatable bonds is 3. The monoisotopic (exact) mass is 539 g/mol. The minimum absolute atomic E-state index is 0. The molecule has 3 aromatic carbocycles. The molecule has 5 N–H and O–H groups in total. The maximum Gasteiger partial charge on any atom is 0.323 e. The van der Waals surface area contributed by atoms with Gasteiger partial charge in [0.15, 0.2) is 4.77 Å². The van der Waals surface area contributed by atoms with Gasteiger partial charge in [-0.3, -0.25) is 4.79 Å². The molecule has 1 amide bonds. The number of anilines is 1. The molecule has 0 aliphatic carbocycles. The third kappa shape index (κ3) is 6.50. The van der Waals surface area contributed by atoms with Crippen LogP contribution in [0.1, 0.15) is 75.8 Å². The van der Waals surface area contributed by atoms with Crippen LogP contribution in [-0.4, -0.2) is 25.8 Å². The van der Waals surface area contributed by atoms with Gasteiger partial charge in [0, 0.05) is 12.8 Å². The zero-order valence-electron chi connectivity index (χ0n) is 22.5. The lowest BCUT2D eigenvalue weighted by molar-refractivity contribution is -0.115. The Hall–Kier alpha value is -3.91. The summed E-state index contributed by atoms with van der Waals surface area (Å²) < 4.78 is 0.691. The van der Waals surface area contributed by atoms with E-state index in [0.717, 1.165) is 39.7 Å². The molecule has 0 atom stereocenters. The first-order valence-electron chi connectivity index (χ1n) is 13.0. The van der Waals surface area contributed by atoms with E-state index in [1.807, 2.05) is 24.3 Å². The number of aryl methyl sites for hydroxylation is 1. The van der Waals surface area contributed by atoms with Crippen molar-refractivity contribution in [1.82, 2.24) is 19.9 Å². The average Bonchev–Trinajstić information content (AvgIpc) is 3.56. The van der Waals surface area contributed by atoms with Crippen molar-refractivity contribution >= 4 is 45.9 Å². The number of amides is 1. The average molecular weight is 540 g/mol. The normalized spacial score (nSPS) is 12.2. The van der Waals surface area contributed by atoms with E-state index in [2.05, 4.69) is 90.2 Å². The molecule has 8 heteroatoms. The van der Waals surface area contributed by atoms with Crippen LogP contribution in [-0.2, 0) is 17.6 Å². The summed E-state index contributed by atoms with van der Waals surface area (Å²) in [6.07, 6.45) is 1.57. The molecule has 1 aliphatic heterocycles. The van der Waals surface area contributed by atoms with Crippen LogP contribution < -0.4 is 11.0 Å². The van der Waals surface area contributed by atoms with Gasteiger partial charge in [0.1, 0.15) is 0 Å². The van der Waals surface area contributed by atoms with E-state index >= 15 is 0 Å². The lowest BCUT2D eigenvalue weighted by Gasteiger charge is -2.03. The van der Waals surface area contributed by atoms with Crippen molar-refractivity contribution < 1.29 is 11.9 Å². The smallest absolute Gasteiger partial charge is 0.323 e. The first-order valence-corrected chi connectivity index (χ1v) is 13.4. The number of hydrogen-bond acceptors (Lipinski definition) is 3. The van der Waals surface area contributed by atoms with Gasteiger partial charge in [0.05, 0.1) is 28.5 Å². The Bertz CT molecular complexity index is 1620. The summed E-state index contributed by atoms with van der Waals surface area (Å²) in [5.74, 6) is 1.15. The zero-order valence-corrected chi connectivity index (χ0v) is 23.3. The highest BCUT2D eigenvalue weighted by Gasteiger charge is 2.16. The number of carbonyl (C=O) groups is 1. The van der Waals surface area contributed by atoms with Gasteiger partial charge in [0.25, 0.3) is 0 Å². The summed E-state index contributed by atoms with van der Waals surface area (Å²) in [6.45, 7) is 10.7. The standard InChI is InChI=1S/C10H12N2O.C10H12N2S.C10H11NO.5H2/c2*1-6(2)7-3-4-8-9(5-7)12-10(13)11-8;1-2-7-3-4-9-8(5-7)6-10(12)11-9;;;;;/h2*3-6H,1-2H3,(H2,11,12,13);3-5H,2,6H2,1H3,(H,11,12);5*1H.